The molecule has 6 nitrogen and oxygen atoms in total. The van der Waals surface area contributed by atoms with Crippen LogP contribution in [0, 0.1) is 0 Å². The molecule has 0 aromatic carbocycles. The summed E-state index contributed by atoms with van der Waals surface area (Å²) in [6.07, 6.45) is 6.37. The van der Waals surface area contributed by atoms with E-state index in [1.54, 1.807) is 0 Å². The van der Waals surface area contributed by atoms with Gasteiger partial charge in [-0.05, 0) is 45.2 Å². The number of halogens is 1. The second-order valence-electron chi connectivity index (χ2n) is 5.49. The molecule has 0 radical (unpaired) electrons. The molecule has 20 heavy (non-hydrogen) atoms. The molecule has 2 aliphatic rings. The van der Waals surface area contributed by atoms with Gasteiger partial charge in [0, 0.05) is 12.1 Å². The number of hydrogen-bond donors (Lipinski definition) is 3. The Morgan fingerprint density at radius 1 is 1.20 bits per heavy atom. The van der Waals surface area contributed by atoms with Crippen LogP contribution in [0.15, 0.2) is 0 Å². The van der Waals surface area contributed by atoms with Gasteiger partial charge < -0.3 is 11.1 Å². The minimum Gasteiger partial charge on any atom is -0.335 e. The largest absolute Gasteiger partial charge is 0.335 e. The summed E-state index contributed by atoms with van der Waals surface area (Å²) < 4.78 is 0. The van der Waals surface area contributed by atoms with E-state index in [2.05, 4.69) is 15.5 Å². The fourth-order valence-corrected chi connectivity index (χ4v) is 2.59. The first kappa shape index (κ1) is 17.2. The van der Waals surface area contributed by atoms with Crippen LogP contribution in [0.4, 0.5) is 4.79 Å². The summed E-state index contributed by atoms with van der Waals surface area (Å²) in [5.41, 5.74) is 5.60. The van der Waals surface area contributed by atoms with Gasteiger partial charge >= 0.3 is 6.03 Å². The third-order valence-corrected chi connectivity index (χ3v) is 3.76. The summed E-state index contributed by atoms with van der Waals surface area (Å²) in [7, 11) is 0. The summed E-state index contributed by atoms with van der Waals surface area (Å²) >= 11 is 0. The molecule has 116 valence electrons. The smallest absolute Gasteiger partial charge is 0.321 e. The molecule has 0 bridgehead atoms. The predicted octanol–water partition coefficient (Wildman–Crippen LogP) is 0.600. The molecular formula is C13H25ClN4O2. The molecule has 1 saturated heterocycles. The van der Waals surface area contributed by atoms with Crippen molar-refractivity contribution in [1.29, 1.82) is 0 Å². The van der Waals surface area contributed by atoms with Gasteiger partial charge in [-0.2, -0.15) is 0 Å². The van der Waals surface area contributed by atoms with Crippen molar-refractivity contribution in [3.63, 3.8) is 0 Å². The van der Waals surface area contributed by atoms with E-state index in [-0.39, 0.29) is 30.4 Å². The number of imide groups is 1. The first-order chi connectivity index (χ1) is 9.19. The highest BCUT2D eigenvalue weighted by molar-refractivity contribution is 5.95. The van der Waals surface area contributed by atoms with Gasteiger partial charge in [0.1, 0.15) is 0 Å². The second kappa shape index (κ2) is 8.44. The molecule has 0 aromatic heterocycles. The molecule has 1 aliphatic heterocycles. The Kier molecular flexibility index (Phi) is 7.26. The van der Waals surface area contributed by atoms with Crippen LogP contribution in [0.25, 0.3) is 0 Å². The number of carbonyl (C=O) groups excluding carboxylic acids is 2. The lowest BCUT2D eigenvalue weighted by molar-refractivity contribution is -0.122. The zero-order valence-corrected chi connectivity index (χ0v) is 12.6. The van der Waals surface area contributed by atoms with E-state index in [1.807, 2.05) is 0 Å². The average Bonchev–Trinajstić information content (AvgIpc) is 3.15. The van der Waals surface area contributed by atoms with Gasteiger partial charge in [-0.25, -0.2) is 4.79 Å². The highest BCUT2D eigenvalue weighted by Gasteiger charge is 2.26. The Balaban J connectivity index is 0.00000200. The van der Waals surface area contributed by atoms with Gasteiger partial charge in [0.15, 0.2) is 0 Å². The zero-order valence-electron chi connectivity index (χ0n) is 11.8. The molecule has 7 heteroatoms. The van der Waals surface area contributed by atoms with E-state index in [4.69, 9.17) is 5.73 Å². The number of hydrogen-bond acceptors (Lipinski definition) is 4. The second-order valence-corrected chi connectivity index (χ2v) is 5.49. The number of nitrogens with two attached hydrogens (primary N) is 1. The van der Waals surface area contributed by atoms with Crippen LogP contribution in [0.5, 0.6) is 0 Å². The first-order valence-electron chi connectivity index (χ1n) is 7.23. The van der Waals surface area contributed by atoms with Crippen molar-refractivity contribution in [2.24, 2.45) is 5.73 Å². The molecular weight excluding hydrogens is 280 g/mol. The molecule has 1 heterocycles. The topological polar surface area (TPSA) is 87.5 Å². The van der Waals surface area contributed by atoms with Crippen LogP contribution in [0.2, 0.25) is 0 Å². The number of likely N-dealkylation sites (tertiary alicyclic amines) is 1. The van der Waals surface area contributed by atoms with Crippen LogP contribution in [0.3, 0.4) is 0 Å². The van der Waals surface area contributed by atoms with E-state index in [9.17, 15) is 9.59 Å². The number of nitrogens with zero attached hydrogens (tertiary/aromatic N) is 1. The Labute approximate surface area is 126 Å². The van der Waals surface area contributed by atoms with Gasteiger partial charge in [-0.1, -0.05) is 6.42 Å². The lowest BCUT2D eigenvalue weighted by Gasteiger charge is -2.34. The highest BCUT2D eigenvalue weighted by Crippen LogP contribution is 2.19. The van der Waals surface area contributed by atoms with E-state index < -0.39 is 0 Å². The Morgan fingerprint density at radius 3 is 2.60 bits per heavy atom. The lowest BCUT2D eigenvalue weighted by atomic mass is 9.99. The number of amides is 3. The van der Waals surface area contributed by atoms with Crippen LogP contribution in [0.1, 0.15) is 38.5 Å². The summed E-state index contributed by atoms with van der Waals surface area (Å²) in [4.78, 5) is 25.4. The molecule has 1 saturated carbocycles. The van der Waals surface area contributed by atoms with Crippen molar-refractivity contribution in [3.05, 3.63) is 0 Å². The van der Waals surface area contributed by atoms with Crippen molar-refractivity contribution >= 4 is 24.3 Å². The molecule has 3 amide bonds. The van der Waals surface area contributed by atoms with Crippen molar-refractivity contribution in [2.45, 2.75) is 50.6 Å². The zero-order chi connectivity index (χ0) is 13.7. The summed E-state index contributed by atoms with van der Waals surface area (Å²) in [5.74, 6) is -0.220. The Hall–Kier alpha value is -0.850. The molecule has 2 rings (SSSR count). The number of rotatable bonds is 5. The molecule has 4 N–H and O–H groups in total. The third-order valence-electron chi connectivity index (χ3n) is 3.76. The van der Waals surface area contributed by atoms with Gasteiger partial charge in [-0.15, -0.1) is 12.4 Å². The number of urea groups is 1. The van der Waals surface area contributed by atoms with Crippen LogP contribution >= 0.6 is 12.4 Å². The minimum atomic E-state index is -0.361. The van der Waals surface area contributed by atoms with Crippen LogP contribution in [-0.4, -0.2) is 48.6 Å². The SMILES string of the molecule is Cl.NCCC1CCCCN1CC(=O)NC(=O)NC1CC1. The van der Waals surface area contributed by atoms with Crippen molar-refractivity contribution < 1.29 is 9.59 Å². The molecule has 1 atom stereocenters. The van der Waals surface area contributed by atoms with Crippen molar-refractivity contribution in [3.8, 4) is 0 Å². The predicted molar refractivity (Wildman–Crippen MR) is 79.8 cm³/mol. The molecule has 0 spiro atoms. The van der Waals surface area contributed by atoms with E-state index in [0.29, 0.717) is 19.1 Å². The van der Waals surface area contributed by atoms with Crippen molar-refractivity contribution in [2.75, 3.05) is 19.6 Å². The number of nitrogens with one attached hydrogen (secondary N) is 2. The first-order valence-corrected chi connectivity index (χ1v) is 7.23. The van der Waals surface area contributed by atoms with Crippen LogP contribution in [-0.2, 0) is 4.79 Å². The molecule has 1 aliphatic carbocycles. The summed E-state index contributed by atoms with van der Waals surface area (Å²) in [6, 6.07) is 0.295. The maximum atomic E-state index is 11.8. The lowest BCUT2D eigenvalue weighted by Crippen LogP contribution is -2.49. The van der Waals surface area contributed by atoms with Gasteiger partial charge in [0.25, 0.3) is 0 Å². The fourth-order valence-electron chi connectivity index (χ4n) is 2.59. The van der Waals surface area contributed by atoms with E-state index in [0.717, 1.165) is 38.6 Å². The van der Waals surface area contributed by atoms with E-state index >= 15 is 0 Å². The van der Waals surface area contributed by atoms with Gasteiger partial charge in [0.2, 0.25) is 5.91 Å². The number of carbonyl (C=O) groups is 2. The molecule has 2 fully saturated rings. The minimum absolute atomic E-state index is 0. The standard InChI is InChI=1S/C13H24N4O2.ClH/c14-7-6-11-3-1-2-8-17(11)9-12(18)16-13(19)15-10-4-5-10;/h10-11H,1-9,14H2,(H2,15,16,18,19);1H. The summed E-state index contributed by atoms with van der Waals surface area (Å²) in [6.45, 7) is 1.86. The number of piperidine rings is 1. The summed E-state index contributed by atoms with van der Waals surface area (Å²) in [5, 5.41) is 5.15. The molecule has 1 unspecified atom stereocenters. The Morgan fingerprint density at radius 2 is 1.95 bits per heavy atom. The quantitative estimate of drug-likeness (QED) is 0.694. The van der Waals surface area contributed by atoms with Gasteiger partial charge in [0.05, 0.1) is 6.54 Å². The fraction of sp³-hybridized carbons (Fsp3) is 0.846. The average molecular weight is 305 g/mol. The van der Waals surface area contributed by atoms with Crippen LogP contribution < -0.4 is 16.4 Å². The van der Waals surface area contributed by atoms with Crippen molar-refractivity contribution in [1.82, 2.24) is 15.5 Å². The van der Waals surface area contributed by atoms with E-state index in [1.165, 1.54) is 6.42 Å². The monoisotopic (exact) mass is 304 g/mol. The van der Waals surface area contributed by atoms with Gasteiger partial charge in [-0.3, -0.25) is 15.0 Å². The molecule has 0 aromatic rings. The third kappa shape index (κ3) is 5.64. The Bertz CT molecular complexity index is 334. The normalized spacial score (nSPS) is 22.8. The maximum absolute atomic E-state index is 11.8. The highest BCUT2D eigenvalue weighted by atomic mass is 35.5. The maximum Gasteiger partial charge on any atom is 0.321 e.